The Balaban J connectivity index is 3.50. The van der Waals surface area contributed by atoms with Crippen molar-refractivity contribution in [3.8, 4) is 0 Å². The van der Waals surface area contributed by atoms with Gasteiger partial charge in [0.2, 0.25) is 0 Å². The molecule has 0 radical (unpaired) electrons. The molecule has 0 fully saturated rings. The second-order valence-electron chi connectivity index (χ2n) is 4.66. The topological polar surface area (TPSA) is 81.7 Å². The predicted octanol–water partition coefficient (Wildman–Crippen LogP) is 1.27. The first-order chi connectivity index (χ1) is 7.60. The smallest absolute Gasteiger partial charge is 0.407 e. The number of nitrogens with one attached hydrogen (secondary N) is 1. The fraction of sp³-hybridized carbons (Fsp3) is 0.900. The van der Waals surface area contributed by atoms with E-state index >= 15 is 0 Å². The van der Waals surface area contributed by atoms with Gasteiger partial charge in [-0.2, -0.15) is 8.42 Å². The summed E-state index contributed by atoms with van der Waals surface area (Å²) >= 11 is 0. The van der Waals surface area contributed by atoms with E-state index in [-0.39, 0.29) is 6.61 Å². The van der Waals surface area contributed by atoms with Crippen LogP contribution in [-0.4, -0.2) is 39.5 Å². The summed E-state index contributed by atoms with van der Waals surface area (Å²) in [5.74, 6) is 0. The molecule has 0 atom stereocenters. The molecular weight excluding hydrogens is 246 g/mol. The Kier molecular flexibility index (Phi) is 6.48. The molecule has 0 bridgehead atoms. The fourth-order valence-corrected chi connectivity index (χ4v) is 1.36. The Hall–Kier alpha value is -0.820. The Morgan fingerprint density at radius 3 is 2.29 bits per heavy atom. The van der Waals surface area contributed by atoms with Gasteiger partial charge < -0.3 is 10.1 Å². The van der Waals surface area contributed by atoms with E-state index in [9.17, 15) is 13.2 Å². The van der Waals surface area contributed by atoms with Crippen molar-refractivity contribution in [1.82, 2.24) is 5.32 Å². The van der Waals surface area contributed by atoms with E-state index in [1.165, 1.54) is 0 Å². The number of rotatable bonds is 6. The molecule has 0 unspecified atom stereocenters. The van der Waals surface area contributed by atoms with E-state index in [1.54, 1.807) is 20.8 Å². The summed E-state index contributed by atoms with van der Waals surface area (Å²) in [6.45, 7) is 5.92. The lowest BCUT2D eigenvalue weighted by atomic mass is 10.2. The number of ether oxygens (including phenoxy) is 1. The van der Waals surface area contributed by atoms with Crippen molar-refractivity contribution in [3.05, 3.63) is 0 Å². The number of hydrogen-bond donors (Lipinski definition) is 1. The van der Waals surface area contributed by atoms with Gasteiger partial charge in [0.15, 0.2) is 0 Å². The van der Waals surface area contributed by atoms with Crippen molar-refractivity contribution >= 4 is 16.2 Å². The molecule has 0 aliphatic heterocycles. The largest absolute Gasteiger partial charge is 0.444 e. The molecule has 1 amide bonds. The minimum Gasteiger partial charge on any atom is -0.444 e. The molecule has 6 nitrogen and oxygen atoms in total. The maximum atomic E-state index is 11.2. The van der Waals surface area contributed by atoms with Gasteiger partial charge in [-0.05, 0) is 33.6 Å². The number of amides is 1. The zero-order valence-corrected chi connectivity index (χ0v) is 11.6. The van der Waals surface area contributed by atoms with Crippen molar-refractivity contribution in [3.63, 3.8) is 0 Å². The minimum absolute atomic E-state index is 0.134. The Bertz CT molecular complexity index is 331. The van der Waals surface area contributed by atoms with Gasteiger partial charge in [-0.1, -0.05) is 0 Å². The third-order valence-electron chi connectivity index (χ3n) is 1.54. The van der Waals surface area contributed by atoms with Crippen LogP contribution in [0.1, 0.15) is 33.6 Å². The summed E-state index contributed by atoms with van der Waals surface area (Å²) in [4.78, 5) is 11.2. The Labute approximate surface area is 103 Å². The molecule has 0 aliphatic rings. The zero-order chi connectivity index (χ0) is 13.5. The van der Waals surface area contributed by atoms with Crippen LogP contribution >= 0.6 is 0 Å². The molecule has 0 aromatic carbocycles. The predicted molar refractivity (Wildman–Crippen MR) is 64.3 cm³/mol. The monoisotopic (exact) mass is 267 g/mol. The summed E-state index contributed by atoms with van der Waals surface area (Å²) in [5, 5.41) is 2.57. The SMILES string of the molecule is CC(C)(C)OC(=O)NCCCCOS(C)(=O)=O. The zero-order valence-electron chi connectivity index (χ0n) is 10.8. The number of unbranched alkanes of at least 4 members (excludes halogenated alkanes) is 1. The van der Waals surface area contributed by atoms with Crippen LogP contribution in [0.3, 0.4) is 0 Å². The van der Waals surface area contributed by atoms with Crippen LogP contribution in [0.4, 0.5) is 4.79 Å². The second-order valence-corrected chi connectivity index (χ2v) is 6.31. The third-order valence-corrected chi connectivity index (χ3v) is 2.13. The van der Waals surface area contributed by atoms with Crippen molar-refractivity contribution in [2.45, 2.75) is 39.2 Å². The molecule has 102 valence electrons. The quantitative estimate of drug-likeness (QED) is 0.579. The molecule has 0 rings (SSSR count). The molecule has 17 heavy (non-hydrogen) atoms. The van der Waals surface area contributed by atoms with Crippen LogP contribution < -0.4 is 5.32 Å². The van der Waals surface area contributed by atoms with Crippen molar-refractivity contribution in [2.24, 2.45) is 0 Å². The average Bonchev–Trinajstić information content (AvgIpc) is 2.06. The van der Waals surface area contributed by atoms with Crippen LogP contribution in [0.5, 0.6) is 0 Å². The molecule has 1 N–H and O–H groups in total. The first-order valence-electron chi connectivity index (χ1n) is 5.41. The lowest BCUT2D eigenvalue weighted by Crippen LogP contribution is -2.33. The average molecular weight is 267 g/mol. The van der Waals surface area contributed by atoms with Crippen LogP contribution in [-0.2, 0) is 19.0 Å². The van der Waals surface area contributed by atoms with E-state index in [2.05, 4.69) is 9.50 Å². The highest BCUT2D eigenvalue weighted by Crippen LogP contribution is 2.06. The first kappa shape index (κ1) is 16.2. The molecule has 0 saturated heterocycles. The summed E-state index contributed by atoms with van der Waals surface area (Å²) in [6, 6.07) is 0. The molecule has 0 saturated carbocycles. The van der Waals surface area contributed by atoms with Gasteiger partial charge >= 0.3 is 6.09 Å². The van der Waals surface area contributed by atoms with Crippen LogP contribution in [0.2, 0.25) is 0 Å². The van der Waals surface area contributed by atoms with Gasteiger partial charge in [0.1, 0.15) is 5.60 Å². The highest BCUT2D eigenvalue weighted by atomic mass is 32.2. The van der Waals surface area contributed by atoms with Gasteiger partial charge in [0.25, 0.3) is 10.1 Å². The Morgan fingerprint density at radius 2 is 1.82 bits per heavy atom. The van der Waals surface area contributed by atoms with E-state index < -0.39 is 21.8 Å². The molecule has 0 heterocycles. The summed E-state index contributed by atoms with van der Waals surface area (Å²) in [5.41, 5.74) is -0.510. The molecule has 0 spiro atoms. The lowest BCUT2D eigenvalue weighted by molar-refractivity contribution is 0.0526. The van der Waals surface area contributed by atoms with E-state index in [0.717, 1.165) is 6.26 Å². The maximum Gasteiger partial charge on any atom is 0.407 e. The standard InChI is InChI=1S/C10H21NO5S/c1-10(2,3)16-9(12)11-7-5-6-8-15-17(4,13)14/h5-8H2,1-4H3,(H,11,12). The van der Waals surface area contributed by atoms with E-state index in [1.807, 2.05) is 0 Å². The van der Waals surface area contributed by atoms with Crippen molar-refractivity contribution < 1.29 is 22.1 Å². The molecular formula is C10H21NO5S. The molecule has 7 heteroatoms. The number of alkyl carbamates (subject to hydrolysis) is 1. The van der Waals surface area contributed by atoms with Gasteiger partial charge in [-0.15, -0.1) is 0 Å². The van der Waals surface area contributed by atoms with Crippen molar-refractivity contribution in [1.29, 1.82) is 0 Å². The third kappa shape index (κ3) is 13.1. The summed E-state index contributed by atoms with van der Waals surface area (Å²) in [7, 11) is -3.36. The van der Waals surface area contributed by atoms with E-state index in [0.29, 0.717) is 19.4 Å². The normalized spacial score (nSPS) is 12.2. The number of carbonyl (C=O) groups is 1. The minimum atomic E-state index is -3.36. The fourth-order valence-electron chi connectivity index (χ4n) is 0.942. The highest BCUT2D eigenvalue weighted by Gasteiger charge is 2.15. The number of carbonyl (C=O) groups excluding carboxylic acids is 1. The molecule has 0 aliphatic carbocycles. The first-order valence-corrected chi connectivity index (χ1v) is 7.23. The molecule has 0 aromatic heterocycles. The van der Waals surface area contributed by atoms with Crippen LogP contribution in [0, 0.1) is 0 Å². The van der Waals surface area contributed by atoms with Crippen LogP contribution in [0.15, 0.2) is 0 Å². The van der Waals surface area contributed by atoms with Gasteiger partial charge in [0, 0.05) is 6.54 Å². The highest BCUT2D eigenvalue weighted by molar-refractivity contribution is 7.85. The molecule has 0 aromatic rings. The van der Waals surface area contributed by atoms with Gasteiger partial charge in [-0.3, -0.25) is 4.18 Å². The van der Waals surface area contributed by atoms with Crippen molar-refractivity contribution in [2.75, 3.05) is 19.4 Å². The van der Waals surface area contributed by atoms with Gasteiger partial charge in [-0.25, -0.2) is 4.79 Å². The van der Waals surface area contributed by atoms with Crippen LogP contribution in [0.25, 0.3) is 0 Å². The maximum absolute atomic E-state index is 11.2. The summed E-state index contributed by atoms with van der Waals surface area (Å²) in [6.07, 6.45) is 1.73. The lowest BCUT2D eigenvalue weighted by Gasteiger charge is -2.19. The van der Waals surface area contributed by atoms with Gasteiger partial charge in [0.05, 0.1) is 12.9 Å². The second kappa shape index (κ2) is 6.80. The number of hydrogen-bond acceptors (Lipinski definition) is 5. The Morgan fingerprint density at radius 1 is 1.24 bits per heavy atom. The summed E-state index contributed by atoms with van der Waals surface area (Å²) < 4.78 is 30.8. The van der Waals surface area contributed by atoms with E-state index in [4.69, 9.17) is 4.74 Å².